The molecule has 1 saturated heterocycles. The van der Waals surface area contributed by atoms with Gasteiger partial charge in [-0.15, -0.1) is 12.4 Å². The number of methoxy groups -OCH3 is 2. The lowest BCUT2D eigenvalue weighted by atomic mass is 10.0. The Hall–Kier alpha value is -2.32. The summed E-state index contributed by atoms with van der Waals surface area (Å²) in [5, 5.41) is 10.3. The Labute approximate surface area is 195 Å². The molecule has 0 bridgehead atoms. The molecule has 7 nitrogen and oxygen atoms in total. The standard InChI is InChI=1S/C24H31NO6.ClH/c1-28-23-10-8-19(15-24(23)29-2)21(27)9-7-18-5-3-4-6-22(18)31-17-20(26)16-25-11-13-30-14-12-25;/h3-6,8,10,15,20,26H,7,9,11-14,16-17H2,1-2H3;1H. The number of β-amino-alcohol motifs (C(OH)–C–C–N with tert-alkyl or cyclic N) is 1. The maximum Gasteiger partial charge on any atom is 0.163 e. The summed E-state index contributed by atoms with van der Waals surface area (Å²) in [6.07, 6.45) is 0.300. The molecule has 1 heterocycles. The van der Waals surface area contributed by atoms with Crippen molar-refractivity contribution in [2.45, 2.75) is 18.9 Å². The molecule has 1 fully saturated rings. The van der Waals surface area contributed by atoms with Gasteiger partial charge in [0.1, 0.15) is 18.5 Å². The summed E-state index contributed by atoms with van der Waals surface area (Å²) < 4.78 is 21.7. The Balaban J connectivity index is 0.00000363. The topological polar surface area (TPSA) is 77.5 Å². The number of ether oxygens (including phenoxy) is 4. The van der Waals surface area contributed by atoms with Crippen molar-refractivity contribution in [2.75, 3.05) is 53.7 Å². The molecule has 0 spiro atoms. The lowest BCUT2D eigenvalue weighted by molar-refractivity contribution is 0.00457. The molecular formula is C24H32ClNO6. The van der Waals surface area contributed by atoms with Crippen molar-refractivity contribution in [3.05, 3.63) is 53.6 Å². The third kappa shape index (κ3) is 7.38. The lowest BCUT2D eigenvalue weighted by Gasteiger charge is -2.28. The molecule has 2 aromatic rings. The molecule has 2 aromatic carbocycles. The number of halogens is 1. The van der Waals surface area contributed by atoms with E-state index in [1.807, 2.05) is 24.3 Å². The van der Waals surface area contributed by atoms with Crippen molar-refractivity contribution in [1.82, 2.24) is 4.90 Å². The highest BCUT2D eigenvalue weighted by Crippen LogP contribution is 2.28. The molecule has 0 amide bonds. The van der Waals surface area contributed by atoms with Gasteiger partial charge in [-0.25, -0.2) is 0 Å². The van der Waals surface area contributed by atoms with E-state index in [-0.39, 0.29) is 24.8 Å². The number of hydrogen-bond acceptors (Lipinski definition) is 7. The van der Waals surface area contributed by atoms with Crippen LogP contribution < -0.4 is 14.2 Å². The van der Waals surface area contributed by atoms with Crippen molar-refractivity contribution in [3.63, 3.8) is 0 Å². The smallest absolute Gasteiger partial charge is 0.163 e. The van der Waals surface area contributed by atoms with Crippen molar-refractivity contribution < 1.29 is 28.8 Å². The van der Waals surface area contributed by atoms with Gasteiger partial charge < -0.3 is 24.1 Å². The molecule has 1 atom stereocenters. The minimum Gasteiger partial charge on any atom is -0.493 e. The van der Waals surface area contributed by atoms with E-state index >= 15 is 0 Å². The third-order valence-corrected chi connectivity index (χ3v) is 5.30. The van der Waals surface area contributed by atoms with E-state index in [2.05, 4.69) is 4.90 Å². The Morgan fingerprint density at radius 1 is 1.06 bits per heavy atom. The van der Waals surface area contributed by atoms with Gasteiger partial charge >= 0.3 is 0 Å². The normalized spacial score (nSPS) is 14.8. The zero-order valence-corrected chi connectivity index (χ0v) is 19.4. The van der Waals surface area contributed by atoms with Crippen LogP contribution in [0.2, 0.25) is 0 Å². The van der Waals surface area contributed by atoms with Crippen LogP contribution in [0.3, 0.4) is 0 Å². The summed E-state index contributed by atoms with van der Waals surface area (Å²) in [6, 6.07) is 12.8. The average Bonchev–Trinajstić information content (AvgIpc) is 2.81. The van der Waals surface area contributed by atoms with Gasteiger partial charge in [0.25, 0.3) is 0 Å². The fourth-order valence-electron chi connectivity index (χ4n) is 3.57. The maximum absolute atomic E-state index is 12.7. The van der Waals surface area contributed by atoms with Gasteiger partial charge in [-0.3, -0.25) is 9.69 Å². The van der Waals surface area contributed by atoms with E-state index in [1.165, 1.54) is 0 Å². The number of carbonyl (C=O) groups is 1. The maximum atomic E-state index is 12.7. The van der Waals surface area contributed by atoms with Gasteiger partial charge in [0.15, 0.2) is 17.3 Å². The van der Waals surface area contributed by atoms with Crippen LogP contribution in [0.4, 0.5) is 0 Å². The van der Waals surface area contributed by atoms with Crippen LogP contribution in [-0.2, 0) is 11.2 Å². The summed E-state index contributed by atoms with van der Waals surface area (Å²) in [4.78, 5) is 14.9. The summed E-state index contributed by atoms with van der Waals surface area (Å²) >= 11 is 0. The van der Waals surface area contributed by atoms with Crippen LogP contribution in [0.15, 0.2) is 42.5 Å². The van der Waals surface area contributed by atoms with E-state index in [0.29, 0.717) is 55.4 Å². The predicted octanol–water partition coefficient (Wildman–Crippen LogP) is 3.01. The number of hydrogen-bond donors (Lipinski definition) is 1. The van der Waals surface area contributed by atoms with E-state index in [1.54, 1.807) is 32.4 Å². The van der Waals surface area contributed by atoms with Crippen molar-refractivity contribution >= 4 is 18.2 Å². The Morgan fingerprint density at radius 2 is 1.78 bits per heavy atom. The molecule has 1 N–H and O–H groups in total. The van der Waals surface area contributed by atoms with Crippen LogP contribution in [0.25, 0.3) is 0 Å². The number of carbonyl (C=O) groups excluding carboxylic acids is 1. The Bertz CT molecular complexity index is 856. The molecule has 176 valence electrons. The summed E-state index contributed by atoms with van der Waals surface area (Å²) in [6.45, 7) is 3.81. The zero-order chi connectivity index (χ0) is 22.1. The molecule has 32 heavy (non-hydrogen) atoms. The van der Waals surface area contributed by atoms with Gasteiger partial charge in [-0.05, 0) is 36.2 Å². The third-order valence-electron chi connectivity index (χ3n) is 5.30. The SMILES string of the molecule is COc1ccc(C(=O)CCc2ccccc2OCC(O)CN2CCOCC2)cc1OC.Cl. The first-order valence-electron chi connectivity index (χ1n) is 10.5. The van der Waals surface area contributed by atoms with Crippen molar-refractivity contribution in [3.8, 4) is 17.2 Å². The monoisotopic (exact) mass is 465 g/mol. The number of Topliss-reactive ketones (excluding diaryl/α,β-unsaturated/α-hetero) is 1. The van der Waals surface area contributed by atoms with Crippen LogP contribution in [0.5, 0.6) is 17.2 Å². The minimum atomic E-state index is -0.584. The van der Waals surface area contributed by atoms with Gasteiger partial charge in [0.2, 0.25) is 0 Å². The van der Waals surface area contributed by atoms with Gasteiger partial charge in [-0.2, -0.15) is 0 Å². The average molecular weight is 466 g/mol. The van der Waals surface area contributed by atoms with Crippen LogP contribution in [-0.4, -0.2) is 75.6 Å². The first kappa shape index (κ1) is 25.9. The highest BCUT2D eigenvalue weighted by atomic mass is 35.5. The van der Waals surface area contributed by atoms with Crippen LogP contribution >= 0.6 is 12.4 Å². The number of morpholine rings is 1. The number of rotatable bonds is 11. The molecular weight excluding hydrogens is 434 g/mol. The quantitative estimate of drug-likeness (QED) is 0.511. The number of aliphatic hydroxyl groups excluding tert-OH is 1. The number of benzene rings is 2. The fraction of sp³-hybridized carbons (Fsp3) is 0.458. The van der Waals surface area contributed by atoms with E-state index in [0.717, 1.165) is 18.7 Å². The van der Waals surface area contributed by atoms with Crippen molar-refractivity contribution in [1.29, 1.82) is 0 Å². The van der Waals surface area contributed by atoms with Gasteiger partial charge in [0, 0.05) is 31.6 Å². The summed E-state index contributed by atoms with van der Waals surface area (Å²) in [7, 11) is 3.11. The molecule has 0 aliphatic carbocycles. The second kappa shape index (κ2) is 13.3. The summed E-state index contributed by atoms with van der Waals surface area (Å²) in [5.74, 6) is 1.84. The molecule has 0 radical (unpaired) electrons. The Kier molecular flexibility index (Phi) is 10.8. The number of aryl methyl sites for hydroxylation is 1. The number of ketones is 1. The molecule has 1 unspecified atom stereocenters. The van der Waals surface area contributed by atoms with Gasteiger partial charge in [-0.1, -0.05) is 18.2 Å². The molecule has 8 heteroatoms. The van der Waals surface area contributed by atoms with E-state index in [4.69, 9.17) is 18.9 Å². The number of para-hydroxylation sites is 1. The second-order valence-corrected chi connectivity index (χ2v) is 7.48. The highest BCUT2D eigenvalue weighted by molar-refractivity contribution is 5.96. The van der Waals surface area contributed by atoms with Gasteiger partial charge in [0.05, 0.1) is 27.4 Å². The minimum absolute atomic E-state index is 0. The Morgan fingerprint density at radius 3 is 2.50 bits per heavy atom. The highest BCUT2D eigenvalue weighted by Gasteiger charge is 2.16. The fourth-order valence-corrected chi connectivity index (χ4v) is 3.57. The van der Waals surface area contributed by atoms with Crippen LogP contribution in [0.1, 0.15) is 22.3 Å². The number of aliphatic hydroxyl groups is 1. The van der Waals surface area contributed by atoms with E-state index < -0.39 is 6.10 Å². The zero-order valence-electron chi connectivity index (χ0n) is 18.6. The van der Waals surface area contributed by atoms with Crippen molar-refractivity contribution in [2.24, 2.45) is 0 Å². The first-order valence-corrected chi connectivity index (χ1v) is 10.5. The predicted molar refractivity (Wildman–Crippen MR) is 125 cm³/mol. The number of nitrogens with zero attached hydrogens (tertiary/aromatic N) is 1. The molecule has 1 aliphatic rings. The molecule has 3 rings (SSSR count). The second-order valence-electron chi connectivity index (χ2n) is 7.48. The lowest BCUT2D eigenvalue weighted by Crippen LogP contribution is -2.42. The molecule has 0 aromatic heterocycles. The molecule has 1 aliphatic heterocycles. The summed E-state index contributed by atoms with van der Waals surface area (Å²) in [5.41, 5.74) is 1.52. The van der Waals surface area contributed by atoms with E-state index in [9.17, 15) is 9.90 Å². The first-order chi connectivity index (χ1) is 15.1. The largest absolute Gasteiger partial charge is 0.493 e. The van der Waals surface area contributed by atoms with Crippen LogP contribution in [0, 0.1) is 0 Å². The molecule has 0 saturated carbocycles.